The summed E-state index contributed by atoms with van der Waals surface area (Å²) >= 11 is 0. The van der Waals surface area contributed by atoms with Gasteiger partial charge in [-0.15, -0.1) is 0 Å². The molecule has 2 N–H and O–H groups in total. The fourth-order valence-corrected chi connectivity index (χ4v) is 4.91. The zero-order chi connectivity index (χ0) is 24.0. The van der Waals surface area contributed by atoms with Crippen LogP contribution in [0.25, 0.3) is 0 Å². The first kappa shape index (κ1) is 24.2. The van der Waals surface area contributed by atoms with Crippen molar-refractivity contribution in [1.82, 2.24) is 4.90 Å². The van der Waals surface area contributed by atoms with Gasteiger partial charge in [0.1, 0.15) is 16.4 Å². The van der Waals surface area contributed by atoms with Crippen molar-refractivity contribution in [3.8, 4) is 17.6 Å². The van der Waals surface area contributed by atoms with Crippen molar-refractivity contribution in [2.45, 2.75) is 11.3 Å². The highest BCUT2D eigenvalue weighted by atomic mass is 32.2. The van der Waals surface area contributed by atoms with Gasteiger partial charge < -0.3 is 19.5 Å². The van der Waals surface area contributed by atoms with E-state index >= 15 is 0 Å². The number of methoxy groups -OCH3 is 2. The van der Waals surface area contributed by atoms with Crippen molar-refractivity contribution < 1.29 is 27.8 Å². The number of nitrogens with zero attached hydrogens (tertiary/aromatic N) is 3. The smallest absolute Gasteiger partial charge is 0.337 e. The number of piperazine rings is 1. The molecule has 11 heteroatoms. The normalized spacial score (nSPS) is 14.4. The number of ether oxygens (including phenoxy) is 2. The molecule has 1 saturated heterocycles. The van der Waals surface area contributed by atoms with Gasteiger partial charge in [0.15, 0.2) is 0 Å². The van der Waals surface area contributed by atoms with Crippen molar-refractivity contribution in [1.29, 1.82) is 5.26 Å². The Balaban J connectivity index is 1.84. The molecule has 3 rings (SSSR count). The quantitative estimate of drug-likeness (QED) is 0.561. The van der Waals surface area contributed by atoms with Crippen molar-refractivity contribution in [3.05, 3.63) is 42.0 Å². The van der Waals surface area contributed by atoms with Crippen LogP contribution in [0.1, 0.15) is 16.8 Å². The Hall–Kier alpha value is -3.49. The summed E-state index contributed by atoms with van der Waals surface area (Å²) in [6, 6.07) is 11.0. The third-order valence-corrected chi connectivity index (χ3v) is 6.79. The molecule has 1 aliphatic heterocycles. The number of hydrogen-bond acceptors (Lipinski definition) is 8. The second-order valence-electron chi connectivity index (χ2n) is 7.40. The molecule has 0 unspecified atom stereocenters. The lowest BCUT2D eigenvalue weighted by Crippen LogP contribution is -2.47. The molecular formula is C22H26N4O6S. The average molecular weight is 475 g/mol. The van der Waals surface area contributed by atoms with Crippen LogP contribution in [0.4, 0.5) is 11.4 Å². The summed E-state index contributed by atoms with van der Waals surface area (Å²) in [6.45, 7) is 3.33. The van der Waals surface area contributed by atoms with E-state index in [-0.39, 0.29) is 21.9 Å². The maximum absolute atomic E-state index is 13.0. The Bertz CT molecular complexity index is 1150. The molecule has 10 nitrogen and oxygen atoms in total. The van der Waals surface area contributed by atoms with Crippen molar-refractivity contribution in [2.75, 3.05) is 56.6 Å². The highest BCUT2D eigenvalue weighted by Gasteiger charge is 2.24. The van der Waals surface area contributed by atoms with E-state index < -0.39 is 16.0 Å². The minimum Gasteiger partial charge on any atom is -0.497 e. The van der Waals surface area contributed by atoms with Crippen LogP contribution < -0.4 is 19.1 Å². The van der Waals surface area contributed by atoms with Crippen molar-refractivity contribution in [2.24, 2.45) is 0 Å². The van der Waals surface area contributed by atoms with Gasteiger partial charge in [-0.25, -0.2) is 13.2 Å². The molecule has 0 amide bonds. The first-order valence-electron chi connectivity index (χ1n) is 10.3. The van der Waals surface area contributed by atoms with E-state index in [1.165, 1.54) is 38.5 Å². The molecule has 2 aromatic carbocycles. The fraction of sp³-hybridized carbons (Fsp3) is 0.364. The summed E-state index contributed by atoms with van der Waals surface area (Å²) in [5.41, 5.74) is 0.635. The molecule has 1 heterocycles. The molecule has 0 atom stereocenters. The second-order valence-corrected chi connectivity index (χ2v) is 9.05. The Morgan fingerprint density at radius 2 is 1.85 bits per heavy atom. The molecule has 0 aromatic heterocycles. The first-order chi connectivity index (χ1) is 15.8. The number of carboxylic acid groups (broad SMARTS) is 1. The van der Waals surface area contributed by atoms with Crippen LogP contribution in [-0.2, 0) is 10.0 Å². The lowest BCUT2D eigenvalue weighted by atomic mass is 10.1. The Kier molecular flexibility index (Phi) is 7.63. The monoisotopic (exact) mass is 474 g/mol. The fourth-order valence-electron chi connectivity index (χ4n) is 3.67. The molecule has 0 saturated carbocycles. The van der Waals surface area contributed by atoms with E-state index in [9.17, 15) is 18.3 Å². The predicted octanol–water partition coefficient (Wildman–Crippen LogP) is 2.24. The lowest BCUT2D eigenvalue weighted by Gasteiger charge is -2.36. The van der Waals surface area contributed by atoms with Crippen LogP contribution in [-0.4, -0.2) is 71.3 Å². The number of nitriles is 1. The van der Waals surface area contributed by atoms with E-state index in [0.717, 1.165) is 0 Å². The second kappa shape index (κ2) is 10.4. The Labute approximate surface area is 193 Å². The standard InChI is InChI=1S/C22H26N4O6S/c1-31-17-5-7-20(32-2)21(15-17)33(29,30)24-16-4-6-19(18(14-16)22(27)28)26-12-10-25(11-13-26)9-3-8-23/h4-7,14-15,24H,3,9-13H2,1-2H3,(H,27,28). The summed E-state index contributed by atoms with van der Waals surface area (Å²) in [6.07, 6.45) is 0.452. The van der Waals surface area contributed by atoms with Gasteiger partial charge in [0.2, 0.25) is 0 Å². The van der Waals surface area contributed by atoms with E-state index in [0.29, 0.717) is 50.6 Å². The molecule has 33 heavy (non-hydrogen) atoms. The van der Waals surface area contributed by atoms with Crippen LogP contribution in [0.15, 0.2) is 41.3 Å². The maximum atomic E-state index is 13.0. The van der Waals surface area contributed by atoms with E-state index in [1.807, 2.05) is 4.90 Å². The van der Waals surface area contributed by atoms with Gasteiger partial charge in [0.25, 0.3) is 10.0 Å². The van der Waals surface area contributed by atoms with Gasteiger partial charge in [-0.3, -0.25) is 9.62 Å². The number of carboxylic acids is 1. The van der Waals surface area contributed by atoms with Crippen LogP contribution in [0.5, 0.6) is 11.5 Å². The lowest BCUT2D eigenvalue weighted by molar-refractivity contribution is 0.0697. The molecule has 176 valence electrons. The van der Waals surface area contributed by atoms with Crippen molar-refractivity contribution >= 4 is 27.4 Å². The SMILES string of the molecule is COc1ccc(OC)c(S(=O)(=O)Nc2ccc(N3CCN(CCC#N)CC3)c(C(=O)O)c2)c1. The third-order valence-electron chi connectivity index (χ3n) is 5.39. The van der Waals surface area contributed by atoms with Crippen molar-refractivity contribution in [3.63, 3.8) is 0 Å². The van der Waals surface area contributed by atoms with Gasteiger partial charge in [-0.1, -0.05) is 0 Å². The molecule has 0 bridgehead atoms. The maximum Gasteiger partial charge on any atom is 0.337 e. The zero-order valence-corrected chi connectivity index (χ0v) is 19.3. The Morgan fingerprint density at radius 3 is 2.45 bits per heavy atom. The number of rotatable bonds is 9. The zero-order valence-electron chi connectivity index (χ0n) is 18.4. The van der Waals surface area contributed by atoms with Gasteiger partial charge >= 0.3 is 5.97 Å². The molecule has 0 spiro atoms. The number of carbonyl (C=O) groups is 1. The molecular weight excluding hydrogens is 448 g/mol. The minimum absolute atomic E-state index is 0.00159. The van der Waals surface area contributed by atoms with Crippen LogP contribution in [0, 0.1) is 11.3 Å². The van der Waals surface area contributed by atoms with Gasteiger partial charge in [0, 0.05) is 50.9 Å². The third kappa shape index (κ3) is 5.66. The molecule has 0 aliphatic carbocycles. The van der Waals surface area contributed by atoms with E-state index in [4.69, 9.17) is 14.7 Å². The first-order valence-corrected chi connectivity index (χ1v) is 11.7. The molecule has 1 fully saturated rings. The number of sulfonamides is 1. The number of hydrogen-bond donors (Lipinski definition) is 2. The number of nitrogens with one attached hydrogen (secondary N) is 1. The van der Waals surface area contributed by atoms with E-state index in [2.05, 4.69) is 15.7 Å². The van der Waals surface area contributed by atoms with Gasteiger partial charge in [-0.2, -0.15) is 5.26 Å². The summed E-state index contributed by atoms with van der Waals surface area (Å²) in [5.74, 6) is -0.684. The van der Waals surface area contributed by atoms with Crippen LogP contribution in [0.2, 0.25) is 0 Å². The van der Waals surface area contributed by atoms with Gasteiger partial charge in [0.05, 0.1) is 31.5 Å². The molecule has 2 aromatic rings. The summed E-state index contributed by atoms with van der Waals surface area (Å²) in [4.78, 5) is 15.9. The highest BCUT2D eigenvalue weighted by molar-refractivity contribution is 7.92. The topological polar surface area (TPSA) is 132 Å². The molecule has 1 aliphatic rings. The number of aromatic carboxylic acids is 1. The minimum atomic E-state index is -4.08. The summed E-state index contributed by atoms with van der Waals surface area (Å²) < 4.78 is 38.7. The number of benzene rings is 2. The summed E-state index contributed by atoms with van der Waals surface area (Å²) in [5, 5.41) is 18.5. The van der Waals surface area contributed by atoms with Gasteiger partial charge in [-0.05, 0) is 30.3 Å². The largest absolute Gasteiger partial charge is 0.497 e. The average Bonchev–Trinajstić information content (AvgIpc) is 2.82. The molecule has 0 radical (unpaired) electrons. The number of anilines is 2. The van der Waals surface area contributed by atoms with Crippen LogP contribution >= 0.6 is 0 Å². The predicted molar refractivity (Wildman–Crippen MR) is 123 cm³/mol. The summed E-state index contributed by atoms with van der Waals surface area (Å²) in [7, 11) is -1.30. The Morgan fingerprint density at radius 1 is 1.12 bits per heavy atom. The van der Waals surface area contributed by atoms with Crippen LogP contribution in [0.3, 0.4) is 0 Å². The van der Waals surface area contributed by atoms with E-state index in [1.54, 1.807) is 12.1 Å². The highest BCUT2D eigenvalue weighted by Crippen LogP contribution is 2.31.